The van der Waals surface area contributed by atoms with Gasteiger partial charge in [0.15, 0.2) is 11.3 Å². The quantitative estimate of drug-likeness (QED) is 0.634. The zero-order chi connectivity index (χ0) is 16.9. The highest BCUT2D eigenvalue weighted by Crippen LogP contribution is 2.30. The number of hydrogen-bond donors (Lipinski definition) is 1. The van der Waals surface area contributed by atoms with Crippen LogP contribution >= 0.6 is 15.9 Å². The second kappa shape index (κ2) is 7.46. The molecule has 2 aromatic rings. The minimum absolute atomic E-state index is 0.0576. The van der Waals surface area contributed by atoms with Gasteiger partial charge in [0.05, 0.1) is 6.21 Å². The summed E-state index contributed by atoms with van der Waals surface area (Å²) < 4.78 is 11.5. The molecular weight excluding hydrogens is 360 g/mol. The largest absolute Gasteiger partial charge is 0.483 e. The molecule has 1 amide bonds. The lowest BCUT2D eigenvalue weighted by Crippen LogP contribution is -2.25. The lowest BCUT2D eigenvalue weighted by molar-refractivity contribution is -0.123. The number of halogens is 1. The van der Waals surface area contributed by atoms with E-state index in [-0.39, 0.29) is 17.9 Å². The summed E-state index contributed by atoms with van der Waals surface area (Å²) in [5.74, 6) is 0.904. The van der Waals surface area contributed by atoms with E-state index >= 15 is 0 Å². The zero-order valence-electron chi connectivity index (χ0n) is 13.3. The van der Waals surface area contributed by atoms with Gasteiger partial charge < -0.3 is 9.15 Å². The predicted octanol–water partition coefficient (Wildman–Crippen LogP) is 3.87. The second-order valence-corrected chi connectivity index (χ2v) is 6.75. The van der Waals surface area contributed by atoms with E-state index in [9.17, 15) is 4.79 Å². The molecule has 0 aliphatic heterocycles. The third-order valence-electron chi connectivity index (χ3n) is 3.03. The number of nitrogens with zero attached hydrogens (tertiary/aromatic N) is 1. The van der Waals surface area contributed by atoms with Crippen molar-refractivity contribution in [3.8, 4) is 5.75 Å². The zero-order valence-corrected chi connectivity index (χ0v) is 14.9. The van der Waals surface area contributed by atoms with Crippen molar-refractivity contribution < 1.29 is 13.9 Å². The van der Waals surface area contributed by atoms with Crippen molar-refractivity contribution in [3.63, 3.8) is 0 Å². The number of hydrazone groups is 1. The smallest absolute Gasteiger partial charge is 0.277 e. The minimum Gasteiger partial charge on any atom is -0.483 e. The van der Waals surface area contributed by atoms with E-state index in [1.807, 2.05) is 24.3 Å². The van der Waals surface area contributed by atoms with Crippen LogP contribution in [0.25, 0.3) is 0 Å². The van der Waals surface area contributed by atoms with Crippen molar-refractivity contribution in [2.75, 3.05) is 6.61 Å². The first-order chi connectivity index (χ1) is 10.9. The van der Waals surface area contributed by atoms with Crippen LogP contribution in [0, 0.1) is 0 Å². The van der Waals surface area contributed by atoms with Crippen molar-refractivity contribution in [1.82, 2.24) is 5.43 Å². The average molecular weight is 379 g/mol. The van der Waals surface area contributed by atoms with Crippen LogP contribution < -0.4 is 10.2 Å². The van der Waals surface area contributed by atoms with E-state index in [1.165, 1.54) is 6.21 Å². The van der Waals surface area contributed by atoms with Crippen LogP contribution in [0.5, 0.6) is 5.75 Å². The van der Waals surface area contributed by atoms with E-state index in [4.69, 9.17) is 9.15 Å². The number of rotatable bonds is 5. The molecule has 1 aromatic carbocycles. The lowest BCUT2D eigenvalue weighted by atomic mass is 9.86. The normalized spacial score (nSPS) is 11.7. The summed E-state index contributed by atoms with van der Waals surface area (Å²) in [6, 6.07) is 11.2. The number of carbonyl (C=O) groups is 1. The number of amides is 1. The Hall–Kier alpha value is -2.08. The average Bonchev–Trinajstić information content (AvgIpc) is 2.90. The highest BCUT2D eigenvalue weighted by Gasteiger charge is 2.18. The Bertz CT molecular complexity index is 702. The first kappa shape index (κ1) is 17.3. The van der Waals surface area contributed by atoms with Crippen LogP contribution in [0.15, 0.2) is 50.6 Å². The number of carbonyl (C=O) groups excluding carboxylic acids is 1. The maximum Gasteiger partial charge on any atom is 0.277 e. The minimum atomic E-state index is -0.337. The van der Waals surface area contributed by atoms with E-state index in [0.717, 1.165) is 5.56 Å². The Morgan fingerprint density at radius 2 is 2.04 bits per heavy atom. The molecule has 0 spiro atoms. The second-order valence-electron chi connectivity index (χ2n) is 5.97. The molecule has 0 aliphatic rings. The van der Waals surface area contributed by atoms with Crippen molar-refractivity contribution >= 4 is 28.1 Å². The first-order valence-electron chi connectivity index (χ1n) is 7.16. The standard InChI is InChI=1S/C17H19BrN2O3/c1-17(2,3)13-6-4-5-7-14(13)22-11-16(21)20-19-10-12-8-9-15(18)23-12/h4-10H,11H2,1-3H3,(H,20,21)/b19-10+. The third kappa shape index (κ3) is 5.25. The van der Waals surface area contributed by atoms with Crippen molar-refractivity contribution in [2.45, 2.75) is 26.2 Å². The fourth-order valence-electron chi connectivity index (χ4n) is 1.95. The number of hydrogen-bond acceptors (Lipinski definition) is 4. The number of benzene rings is 1. The van der Waals surface area contributed by atoms with Crippen molar-refractivity contribution in [2.24, 2.45) is 5.10 Å². The summed E-state index contributed by atoms with van der Waals surface area (Å²) in [5.41, 5.74) is 3.39. The number of para-hydroxylation sites is 1. The van der Waals surface area contributed by atoms with Gasteiger partial charge in [0.2, 0.25) is 0 Å². The Morgan fingerprint density at radius 1 is 1.30 bits per heavy atom. The SMILES string of the molecule is CC(C)(C)c1ccccc1OCC(=O)N/N=C/c1ccc(Br)o1. The van der Waals surface area contributed by atoms with Gasteiger partial charge in [-0.1, -0.05) is 39.0 Å². The van der Waals surface area contributed by atoms with Gasteiger partial charge in [-0.25, -0.2) is 5.43 Å². The summed E-state index contributed by atoms with van der Waals surface area (Å²) in [5, 5.41) is 3.82. The molecular formula is C17H19BrN2O3. The molecule has 6 heteroatoms. The molecule has 0 fully saturated rings. The van der Waals surface area contributed by atoms with Gasteiger partial charge in [0, 0.05) is 0 Å². The molecule has 0 unspecified atom stereocenters. The fourth-order valence-corrected chi connectivity index (χ4v) is 2.27. The molecule has 23 heavy (non-hydrogen) atoms. The van der Waals surface area contributed by atoms with Crippen LogP contribution in [0.2, 0.25) is 0 Å². The predicted molar refractivity (Wildman–Crippen MR) is 92.8 cm³/mol. The molecule has 0 radical (unpaired) electrons. The first-order valence-corrected chi connectivity index (χ1v) is 7.95. The molecule has 0 aliphatic carbocycles. The van der Waals surface area contributed by atoms with Crippen LogP contribution in [0.4, 0.5) is 0 Å². The summed E-state index contributed by atoms with van der Waals surface area (Å²) in [4.78, 5) is 11.8. The van der Waals surface area contributed by atoms with Crippen molar-refractivity contribution in [1.29, 1.82) is 0 Å². The Morgan fingerprint density at radius 3 is 2.70 bits per heavy atom. The molecule has 1 heterocycles. The Labute approximate surface area is 143 Å². The van der Waals surface area contributed by atoms with E-state index in [2.05, 4.69) is 47.2 Å². The van der Waals surface area contributed by atoms with Gasteiger partial charge in [-0.05, 0) is 45.1 Å². The van der Waals surface area contributed by atoms with Crippen LogP contribution in [-0.4, -0.2) is 18.7 Å². The van der Waals surface area contributed by atoms with Crippen LogP contribution in [0.1, 0.15) is 32.1 Å². The summed E-state index contributed by atoms with van der Waals surface area (Å²) in [6.45, 7) is 6.19. The lowest BCUT2D eigenvalue weighted by Gasteiger charge is -2.22. The molecule has 0 saturated carbocycles. The number of furan rings is 1. The molecule has 1 aromatic heterocycles. The number of ether oxygens (including phenoxy) is 1. The molecule has 0 atom stereocenters. The van der Waals surface area contributed by atoms with Gasteiger partial charge in [0.1, 0.15) is 11.5 Å². The topological polar surface area (TPSA) is 63.8 Å². The molecule has 0 bridgehead atoms. The maximum atomic E-state index is 11.8. The maximum absolute atomic E-state index is 11.8. The van der Waals surface area contributed by atoms with Gasteiger partial charge in [-0.2, -0.15) is 5.10 Å². The van der Waals surface area contributed by atoms with E-state index < -0.39 is 0 Å². The summed E-state index contributed by atoms with van der Waals surface area (Å²) >= 11 is 3.19. The summed E-state index contributed by atoms with van der Waals surface area (Å²) in [7, 11) is 0. The Kier molecular flexibility index (Phi) is 5.60. The number of nitrogens with one attached hydrogen (secondary N) is 1. The fraction of sp³-hybridized carbons (Fsp3) is 0.294. The monoisotopic (exact) mass is 378 g/mol. The molecule has 2 rings (SSSR count). The van der Waals surface area contributed by atoms with E-state index in [1.54, 1.807) is 12.1 Å². The molecule has 122 valence electrons. The van der Waals surface area contributed by atoms with Crippen molar-refractivity contribution in [3.05, 3.63) is 52.4 Å². The van der Waals surface area contributed by atoms with Gasteiger partial charge in [-0.3, -0.25) is 4.79 Å². The molecule has 0 saturated heterocycles. The van der Waals surface area contributed by atoms with E-state index in [0.29, 0.717) is 16.2 Å². The van der Waals surface area contributed by atoms with Gasteiger partial charge in [-0.15, -0.1) is 0 Å². The third-order valence-corrected chi connectivity index (χ3v) is 3.46. The van der Waals surface area contributed by atoms with Gasteiger partial charge in [0.25, 0.3) is 5.91 Å². The highest BCUT2D eigenvalue weighted by molar-refractivity contribution is 9.10. The van der Waals surface area contributed by atoms with Crippen LogP contribution in [-0.2, 0) is 10.2 Å². The summed E-state index contributed by atoms with van der Waals surface area (Å²) in [6.07, 6.45) is 1.42. The molecule has 1 N–H and O–H groups in total. The molecule has 5 nitrogen and oxygen atoms in total. The Balaban J connectivity index is 1.89. The van der Waals surface area contributed by atoms with Crippen LogP contribution in [0.3, 0.4) is 0 Å². The highest BCUT2D eigenvalue weighted by atomic mass is 79.9. The van der Waals surface area contributed by atoms with Gasteiger partial charge >= 0.3 is 0 Å².